The Kier molecular flexibility index (Phi) is 4.99. The normalized spacial score (nSPS) is 11.9. The standard InChI is InChI=1S/C18H20O3/c1-3-13-11-8-12-16(15(13)4-2)17(21-18(19)20)14-9-6-5-7-10-14/h5-12,17H,3-4H2,1-2H3,(H,19,20). The molecule has 2 rings (SSSR count). The number of ether oxygens (including phenoxy) is 1. The molecule has 1 N–H and O–H groups in total. The monoisotopic (exact) mass is 284 g/mol. The molecule has 0 aliphatic heterocycles. The van der Waals surface area contributed by atoms with Crippen molar-refractivity contribution in [1.82, 2.24) is 0 Å². The number of aryl methyl sites for hydroxylation is 1. The Bertz CT molecular complexity index is 605. The van der Waals surface area contributed by atoms with Crippen LogP contribution in [-0.4, -0.2) is 11.3 Å². The summed E-state index contributed by atoms with van der Waals surface area (Å²) in [5.74, 6) is 0. The van der Waals surface area contributed by atoms with Crippen molar-refractivity contribution in [2.75, 3.05) is 0 Å². The van der Waals surface area contributed by atoms with Crippen LogP contribution in [0.4, 0.5) is 4.79 Å². The Morgan fingerprint density at radius 2 is 1.76 bits per heavy atom. The fourth-order valence-electron chi connectivity index (χ4n) is 2.70. The van der Waals surface area contributed by atoms with E-state index in [0.29, 0.717) is 0 Å². The van der Waals surface area contributed by atoms with E-state index in [1.807, 2.05) is 42.5 Å². The van der Waals surface area contributed by atoms with E-state index in [-0.39, 0.29) is 0 Å². The lowest BCUT2D eigenvalue weighted by molar-refractivity contribution is 0.0660. The average Bonchev–Trinajstić information content (AvgIpc) is 2.52. The Morgan fingerprint density at radius 1 is 1.05 bits per heavy atom. The fraction of sp³-hybridized carbons (Fsp3) is 0.278. The van der Waals surface area contributed by atoms with Gasteiger partial charge >= 0.3 is 6.16 Å². The molecule has 0 amide bonds. The summed E-state index contributed by atoms with van der Waals surface area (Å²) in [4.78, 5) is 11.1. The molecule has 0 aromatic heterocycles. The van der Waals surface area contributed by atoms with Gasteiger partial charge < -0.3 is 9.84 Å². The molecule has 3 heteroatoms. The quantitative estimate of drug-likeness (QED) is 0.816. The van der Waals surface area contributed by atoms with E-state index in [0.717, 1.165) is 24.0 Å². The Labute approximate surface area is 125 Å². The Balaban J connectivity index is 2.54. The van der Waals surface area contributed by atoms with Gasteiger partial charge in [0.15, 0.2) is 6.10 Å². The highest BCUT2D eigenvalue weighted by Gasteiger charge is 2.22. The van der Waals surface area contributed by atoms with Gasteiger partial charge in [-0.25, -0.2) is 4.79 Å². The summed E-state index contributed by atoms with van der Waals surface area (Å²) in [6.07, 6.45) is -0.0602. The van der Waals surface area contributed by atoms with Crippen molar-refractivity contribution in [3.8, 4) is 0 Å². The van der Waals surface area contributed by atoms with E-state index in [1.165, 1.54) is 11.1 Å². The van der Waals surface area contributed by atoms with Gasteiger partial charge in [-0.15, -0.1) is 0 Å². The van der Waals surface area contributed by atoms with Gasteiger partial charge in [0.2, 0.25) is 0 Å². The first-order chi connectivity index (χ1) is 10.2. The third kappa shape index (κ3) is 3.43. The number of hydrogen-bond acceptors (Lipinski definition) is 2. The Hall–Kier alpha value is -2.29. The lowest BCUT2D eigenvalue weighted by Crippen LogP contribution is -2.13. The van der Waals surface area contributed by atoms with Crippen LogP contribution in [0.1, 0.15) is 42.2 Å². The number of rotatable bonds is 5. The molecule has 0 saturated heterocycles. The molecule has 0 radical (unpaired) electrons. The van der Waals surface area contributed by atoms with Crippen LogP contribution in [0, 0.1) is 0 Å². The number of carboxylic acid groups (broad SMARTS) is 1. The second kappa shape index (κ2) is 6.93. The predicted octanol–water partition coefficient (Wildman–Crippen LogP) is 4.60. The lowest BCUT2D eigenvalue weighted by Gasteiger charge is -2.21. The molecule has 0 fully saturated rings. The van der Waals surface area contributed by atoms with Crippen molar-refractivity contribution >= 4 is 6.16 Å². The van der Waals surface area contributed by atoms with Crippen molar-refractivity contribution in [2.45, 2.75) is 32.8 Å². The van der Waals surface area contributed by atoms with Crippen molar-refractivity contribution in [3.63, 3.8) is 0 Å². The van der Waals surface area contributed by atoms with Crippen LogP contribution in [-0.2, 0) is 17.6 Å². The second-order valence-corrected chi connectivity index (χ2v) is 4.87. The summed E-state index contributed by atoms with van der Waals surface area (Å²) >= 11 is 0. The van der Waals surface area contributed by atoms with Gasteiger partial charge in [0.25, 0.3) is 0 Å². The molecule has 3 nitrogen and oxygen atoms in total. The van der Waals surface area contributed by atoms with Crippen LogP contribution in [0.2, 0.25) is 0 Å². The van der Waals surface area contributed by atoms with Gasteiger partial charge in [-0.05, 0) is 29.5 Å². The highest BCUT2D eigenvalue weighted by Crippen LogP contribution is 2.31. The van der Waals surface area contributed by atoms with Gasteiger partial charge in [-0.2, -0.15) is 0 Å². The van der Waals surface area contributed by atoms with Crippen LogP contribution in [0.15, 0.2) is 48.5 Å². The van der Waals surface area contributed by atoms with Crippen LogP contribution in [0.5, 0.6) is 0 Å². The maximum atomic E-state index is 11.1. The largest absolute Gasteiger partial charge is 0.506 e. The highest BCUT2D eigenvalue weighted by molar-refractivity contribution is 5.58. The molecule has 0 aliphatic rings. The smallest absolute Gasteiger partial charge is 0.450 e. The summed E-state index contributed by atoms with van der Waals surface area (Å²) in [6, 6.07) is 15.5. The van der Waals surface area contributed by atoms with Gasteiger partial charge in [0.05, 0.1) is 0 Å². The Morgan fingerprint density at radius 3 is 2.33 bits per heavy atom. The third-order valence-corrected chi connectivity index (χ3v) is 3.65. The van der Waals surface area contributed by atoms with Gasteiger partial charge in [-0.3, -0.25) is 0 Å². The maximum absolute atomic E-state index is 11.1. The van der Waals surface area contributed by atoms with E-state index in [9.17, 15) is 4.79 Å². The molecule has 110 valence electrons. The molecule has 0 bridgehead atoms. The first kappa shape index (κ1) is 15.1. The molecular weight excluding hydrogens is 264 g/mol. The first-order valence-electron chi connectivity index (χ1n) is 7.22. The summed E-state index contributed by atoms with van der Waals surface area (Å²) in [5.41, 5.74) is 4.20. The molecular formula is C18H20O3. The average molecular weight is 284 g/mol. The molecule has 2 aromatic rings. The zero-order valence-corrected chi connectivity index (χ0v) is 12.4. The highest BCUT2D eigenvalue weighted by atomic mass is 16.7. The number of hydrogen-bond donors (Lipinski definition) is 1. The van der Waals surface area contributed by atoms with Crippen molar-refractivity contribution in [1.29, 1.82) is 0 Å². The SMILES string of the molecule is CCc1cccc(C(OC(=O)O)c2ccccc2)c1CC. The molecule has 0 heterocycles. The first-order valence-corrected chi connectivity index (χ1v) is 7.22. The summed E-state index contributed by atoms with van der Waals surface area (Å²) < 4.78 is 5.18. The fourth-order valence-corrected chi connectivity index (χ4v) is 2.70. The van der Waals surface area contributed by atoms with E-state index >= 15 is 0 Å². The zero-order valence-electron chi connectivity index (χ0n) is 12.4. The van der Waals surface area contributed by atoms with E-state index < -0.39 is 12.3 Å². The van der Waals surface area contributed by atoms with Crippen LogP contribution < -0.4 is 0 Å². The third-order valence-electron chi connectivity index (χ3n) is 3.65. The van der Waals surface area contributed by atoms with Crippen LogP contribution >= 0.6 is 0 Å². The maximum Gasteiger partial charge on any atom is 0.506 e. The van der Waals surface area contributed by atoms with Crippen molar-refractivity contribution < 1.29 is 14.6 Å². The molecule has 1 unspecified atom stereocenters. The summed E-state index contributed by atoms with van der Waals surface area (Å²) in [5, 5.41) is 9.07. The van der Waals surface area contributed by atoms with Gasteiger partial charge in [0.1, 0.15) is 0 Å². The number of carbonyl (C=O) groups is 1. The minimum atomic E-state index is -1.26. The number of benzene rings is 2. The van der Waals surface area contributed by atoms with Gasteiger partial charge in [-0.1, -0.05) is 62.4 Å². The second-order valence-electron chi connectivity index (χ2n) is 4.87. The molecule has 21 heavy (non-hydrogen) atoms. The molecule has 0 spiro atoms. The summed E-state index contributed by atoms with van der Waals surface area (Å²) in [7, 11) is 0. The minimum Gasteiger partial charge on any atom is -0.450 e. The predicted molar refractivity (Wildman–Crippen MR) is 82.6 cm³/mol. The van der Waals surface area contributed by atoms with Crippen LogP contribution in [0.25, 0.3) is 0 Å². The summed E-state index contributed by atoms with van der Waals surface area (Å²) in [6.45, 7) is 4.19. The molecule has 1 atom stereocenters. The minimum absolute atomic E-state index is 0.579. The van der Waals surface area contributed by atoms with Crippen LogP contribution in [0.3, 0.4) is 0 Å². The zero-order chi connectivity index (χ0) is 15.2. The van der Waals surface area contributed by atoms with Crippen molar-refractivity contribution in [3.05, 3.63) is 70.8 Å². The lowest BCUT2D eigenvalue weighted by atomic mass is 9.91. The van der Waals surface area contributed by atoms with Crippen molar-refractivity contribution in [2.24, 2.45) is 0 Å². The van der Waals surface area contributed by atoms with Gasteiger partial charge in [0, 0.05) is 5.56 Å². The van der Waals surface area contributed by atoms with E-state index in [4.69, 9.17) is 9.84 Å². The van der Waals surface area contributed by atoms with E-state index in [1.54, 1.807) is 0 Å². The topological polar surface area (TPSA) is 46.5 Å². The molecule has 0 saturated carbocycles. The molecule has 0 aliphatic carbocycles. The van der Waals surface area contributed by atoms with E-state index in [2.05, 4.69) is 19.9 Å². The molecule has 2 aromatic carbocycles.